The van der Waals surface area contributed by atoms with Gasteiger partial charge in [-0.1, -0.05) is 0 Å². The molecule has 1 N–H and O–H groups in total. The number of rotatable bonds is 0. The second kappa shape index (κ2) is 1.32. The Morgan fingerprint density at radius 1 is 1.22 bits per heavy atom. The van der Waals surface area contributed by atoms with E-state index < -0.39 is 0 Å². The van der Waals surface area contributed by atoms with Crippen LogP contribution in [0.5, 0.6) is 0 Å². The van der Waals surface area contributed by atoms with Crippen molar-refractivity contribution < 1.29 is 0 Å². The predicted octanol–water partition coefficient (Wildman–Crippen LogP) is 0.152. The van der Waals surface area contributed by atoms with Crippen LogP contribution in [0.25, 0.3) is 0 Å². The van der Waals surface area contributed by atoms with Crippen LogP contribution in [-0.2, 0) is 0 Å². The molecule has 3 atom stereocenters. The van der Waals surface area contributed by atoms with Crippen molar-refractivity contribution in [3.63, 3.8) is 0 Å². The maximum Gasteiger partial charge on any atom is 0.0761 e. The van der Waals surface area contributed by atoms with E-state index in [0.29, 0.717) is 0 Å². The van der Waals surface area contributed by atoms with Crippen molar-refractivity contribution in [2.75, 3.05) is 6.54 Å². The molecule has 0 unspecified atom stereocenters. The molecule has 2 nitrogen and oxygen atoms in total. The molecule has 50 valence electrons. The fourth-order valence-corrected chi connectivity index (χ4v) is 2.24. The van der Waals surface area contributed by atoms with E-state index in [2.05, 4.69) is 10.2 Å². The Hall–Kier alpha value is -0.0800. The molecular formula is C7H12N2. The van der Waals surface area contributed by atoms with Gasteiger partial charge in [-0.05, 0) is 19.3 Å². The molecular weight excluding hydrogens is 112 g/mol. The molecule has 3 aliphatic rings. The van der Waals surface area contributed by atoms with Gasteiger partial charge >= 0.3 is 0 Å². The standard InChI is InChI=1S/C7H12N2/c1-2-6-7(8-6)9-4-3-5(1)9/h5-8H,1-4H2/t5-,6+,7-/m1/s1. The highest BCUT2D eigenvalue weighted by atomic mass is 15.4. The van der Waals surface area contributed by atoms with E-state index >= 15 is 0 Å². The second-order valence-electron chi connectivity index (χ2n) is 3.48. The Bertz CT molecular complexity index is 144. The summed E-state index contributed by atoms with van der Waals surface area (Å²) in [5, 5.41) is 3.49. The highest BCUT2D eigenvalue weighted by Crippen LogP contribution is 2.37. The average molecular weight is 124 g/mol. The summed E-state index contributed by atoms with van der Waals surface area (Å²) in [5.74, 6) is 0. The molecule has 0 aromatic heterocycles. The summed E-state index contributed by atoms with van der Waals surface area (Å²) >= 11 is 0. The van der Waals surface area contributed by atoms with Crippen molar-refractivity contribution in [3.8, 4) is 0 Å². The minimum atomic E-state index is 0.817. The van der Waals surface area contributed by atoms with Crippen molar-refractivity contribution >= 4 is 0 Å². The first kappa shape index (κ1) is 4.69. The van der Waals surface area contributed by atoms with Crippen molar-refractivity contribution in [1.82, 2.24) is 10.2 Å². The summed E-state index contributed by atoms with van der Waals surface area (Å²) in [5.41, 5.74) is 0. The third kappa shape index (κ3) is 0.485. The highest BCUT2D eigenvalue weighted by Gasteiger charge is 2.50. The zero-order valence-electron chi connectivity index (χ0n) is 5.51. The van der Waals surface area contributed by atoms with Crippen LogP contribution in [0.3, 0.4) is 0 Å². The van der Waals surface area contributed by atoms with Gasteiger partial charge in [0.1, 0.15) is 0 Å². The van der Waals surface area contributed by atoms with Gasteiger partial charge in [-0.25, -0.2) is 0 Å². The van der Waals surface area contributed by atoms with Crippen LogP contribution in [0.15, 0.2) is 0 Å². The molecule has 0 saturated carbocycles. The third-order valence-electron chi connectivity index (χ3n) is 3.01. The van der Waals surface area contributed by atoms with E-state index in [0.717, 1.165) is 18.2 Å². The minimum absolute atomic E-state index is 0.817. The van der Waals surface area contributed by atoms with Gasteiger partial charge in [0.2, 0.25) is 0 Å². The van der Waals surface area contributed by atoms with Gasteiger partial charge in [-0.15, -0.1) is 0 Å². The molecule has 0 aromatic rings. The summed E-state index contributed by atoms with van der Waals surface area (Å²) in [6.07, 6.45) is 5.17. The molecule has 0 aromatic carbocycles. The fraction of sp³-hybridized carbons (Fsp3) is 1.00. The number of hydrogen-bond acceptors (Lipinski definition) is 2. The van der Waals surface area contributed by atoms with Crippen LogP contribution in [0.1, 0.15) is 19.3 Å². The van der Waals surface area contributed by atoms with Crippen LogP contribution < -0.4 is 5.32 Å². The molecule has 3 aliphatic heterocycles. The molecule has 3 saturated heterocycles. The number of hydrogen-bond donors (Lipinski definition) is 1. The van der Waals surface area contributed by atoms with E-state index in [4.69, 9.17) is 0 Å². The topological polar surface area (TPSA) is 25.2 Å². The first-order valence-corrected chi connectivity index (χ1v) is 3.97. The number of nitrogens with one attached hydrogen (secondary N) is 1. The molecule has 3 rings (SSSR count). The summed E-state index contributed by atoms with van der Waals surface area (Å²) in [6.45, 7) is 1.36. The van der Waals surface area contributed by atoms with Crippen LogP contribution in [0, 0.1) is 0 Å². The normalized spacial score (nSPS) is 55.3. The zero-order chi connectivity index (χ0) is 5.84. The van der Waals surface area contributed by atoms with E-state index in [-0.39, 0.29) is 0 Å². The smallest absolute Gasteiger partial charge is 0.0761 e. The van der Waals surface area contributed by atoms with Gasteiger partial charge in [-0.3, -0.25) is 10.2 Å². The van der Waals surface area contributed by atoms with Crippen LogP contribution in [0.4, 0.5) is 0 Å². The molecule has 2 heteroatoms. The molecule has 9 heavy (non-hydrogen) atoms. The third-order valence-corrected chi connectivity index (χ3v) is 3.01. The second-order valence-corrected chi connectivity index (χ2v) is 3.48. The van der Waals surface area contributed by atoms with Crippen LogP contribution in [-0.4, -0.2) is 29.7 Å². The lowest BCUT2D eigenvalue weighted by molar-refractivity contribution is 0.0516. The molecule has 0 amide bonds. The summed E-state index contributed by atoms with van der Waals surface area (Å²) in [7, 11) is 0. The van der Waals surface area contributed by atoms with Crippen molar-refractivity contribution in [1.29, 1.82) is 0 Å². The highest BCUT2D eigenvalue weighted by molar-refractivity contribution is 5.07. The lowest BCUT2D eigenvalue weighted by atomic mass is 9.92. The van der Waals surface area contributed by atoms with Crippen LogP contribution in [0.2, 0.25) is 0 Å². The predicted molar refractivity (Wildman–Crippen MR) is 35.1 cm³/mol. The Kier molecular flexibility index (Phi) is 0.691. The molecule has 3 heterocycles. The van der Waals surface area contributed by atoms with Crippen molar-refractivity contribution in [2.24, 2.45) is 0 Å². The average Bonchev–Trinajstić information content (AvgIpc) is 2.43. The Morgan fingerprint density at radius 3 is 2.89 bits per heavy atom. The largest absolute Gasteiger partial charge is 0.295 e. The van der Waals surface area contributed by atoms with Gasteiger partial charge in [0.15, 0.2) is 0 Å². The van der Waals surface area contributed by atoms with E-state index in [1.165, 1.54) is 25.8 Å². The maximum atomic E-state index is 3.49. The van der Waals surface area contributed by atoms with Crippen molar-refractivity contribution in [2.45, 2.75) is 37.5 Å². The van der Waals surface area contributed by atoms with E-state index in [1.807, 2.05) is 0 Å². The van der Waals surface area contributed by atoms with Gasteiger partial charge < -0.3 is 0 Å². The summed E-state index contributed by atoms with van der Waals surface area (Å²) < 4.78 is 0. The van der Waals surface area contributed by atoms with Crippen LogP contribution >= 0.6 is 0 Å². The lowest BCUT2D eigenvalue weighted by Gasteiger charge is -2.43. The molecule has 0 radical (unpaired) electrons. The first-order valence-electron chi connectivity index (χ1n) is 3.97. The van der Waals surface area contributed by atoms with E-state index in [9.17, 15) is 0 Å². The van der Waals surface area contributed by atoms with Gasteiger partial charge in [0.05, 0.1) is 6.17 Å². The molecule has 3 fully saturated rings. The number of nitrogens with zero attached hydrogens (tertiary/aromatic N) is 1. The molecule has 0 aliphatic carbocycles. The Balaban J connectivity index is 1.82. The van der Waals surface area contributed by atoms with E-state index in [1.54, 1.807) is 0 Å². The monoisotopic (exact) mass is 124 g/mol. The lowest BCUT2D eigenvalue weighted by Crippen LogP contribution is -2.52. The minimum Gasteiger partial charge on any atom is -0.295 e. The Morgan fingerprint density at radius 2 is 2.22 bits per heavy atom. The number of fused-ring (bicyclic) bond motifs is 3. The maximum absolute atomic E-state index is 3.49. The number of piperidine rings is 1. The van der Waals surface area contributed by atoms with Gasteiger partial charge in [-0.2, -0.15) is 0 Å². The fourth-order valence-electron chi connectivity index (χ4n) is 2.24. The first-order chi connectivity index (χ1) is 4.45. The summed E-state index contributed by atoms with van der Waals surface area (Å²) in [6, 6.07) is 1.86. The quantitative estimate of drug-likeness (QED) is 0.465. The SMILES string of the molecule is C1C[C@@H]2N[C@@H]2N2CC[C@@H]12. The summed E-state index contributed by atoms with van der Waals surface area (Å²) in [4.78, 5) is 2.62. The Labute approximate surface area is 55.2 Å². The van der Waals surface area contributed by atoms with Gasteiger partial charge in [0.25, 0.3) is 0 Å². The van der Waals surface area contributed by atoms with Gasteiger partial charge in [0, 0.05) is 18.6 Å². The molecule has 0 bridgehead atoms. The molecule has 0 spiro atoms. The van der Waals surface area contributed by atoms with Crippen molar-refractivity contribution in [3.05, 3.63) is 0 Å². The zero-order valence-corrected chi connectivity index (χ0v) is 5.51.